The van der Waals surface area contributed by atoms with Crippen LogP contribution in [0.5, 0.6) is 5.75 Å². The average molecular weight is 296 g/mol. The van der Waals surface area contributed by atoms with Crippen LogP contribution in [0.1, 0.15) is 21.5 Å². The molecular weight excluding hydrogens is 283 g/mol. The number of aromatic carboxylic acids is 1. The lowest BCUT2D eigenvalue weighted by Gasteiger charge is -2.09. The predicted octanol–water partition coefficient (Wildman–Crippen LogP) is 3.97. The van der Waals surface area contributed by atoms with Crippen LogP contribution in [0, 0.1) is 5.82 Å². The summed E-state index contributed by atoms with van der Waals surface area (Å²) in [7, 11) is 0. The van der Waals surface area contributed by atoms with Crippen molar-refractivity contribution in [1.29, 1.82) is 0 Å². The van der Waals surface area contributed by atoms with E-state index in [1.807, 2.05) is 24.3 Å². The zero-order valence-corrected chi connectivity index (χ0v) is 11.6. The molecule has 0 aliphatic rings. The molecule has 0 saturated heterocycles. The zero-order valence-electron chi connectivity index (χ0n) is 11.6. The molecule has 0 amide bonds. The van der Waals surface area contributed by atoms with Gasteiger partial charge in [-0.1, -0.05) is 36.4 Å². The highest BCUT2D eigenvalue weighted by atomic mass is 19.1. The van der Waals surface area contributed by atoms with E-state index < -0.39 is 11.8 Å². The fourth-order valence-electron chi connectivity index (χ4n) is 2.57. The van der Waals surface area contributed by atoms with Crippen molar-refractivity contribution in [3.63, 3.8) is 0 Å². The molecule has 0 aliphatic carbocycles. The van der Waals surface area contributed by atoms with Crippen LogP contribution in [0.2, 0.25) is 0 Å². The molecule has 0 spiro atoms. The second-order valence-corrected chi connectivity index (χ2v) is 5.09. The van der Waals surface area contributed by atoms with E-state index in [1.54, 1.807) is 18.2 Å². The maximum absolute atomic E-state index is 13.5. The lowest BCUT2D eigenvalue weighted by Crippen LogP contribution is -2.02. The number of fused-ring (bicyclic) bond motifs is 1. The highest BCUT2D eigenvalue weighted by molar-refractivity contribution is 5.91. The van der Waals surface area contributed by atoms with Crippen molar-refractivity contribution >= 4 is 16.7 Å². The standard InChI is InChI=1S/C18H13FO3/c19-16-7-5-11(10-15(16)18(21)22)9-12-6-8-17(20)14-4-2-1-3-13(12)14/h1-8,10,20H,9H2,(H,21,22). The Morgan fingerprint density at radius 2 is 1.73 bits per heavy atom. The van der Waals surface area contributed by atoms with Crippen molar-refractivity contribution in [2.75, 3.05) is 0 Å². The molecule has 3 aromatic rings. The minimum atomic E-state index is -1.28. The molecule has 0 bridgehead atoms. The highest BCUT2D eigenvalue weighted by Crippen LogP contribution is 2.29. The molecule has 3 nitrogen and oxygen atoms in total. The molecule has 0 heterocycles. The van der Waals surface area contributed by atoms with Gasteiger partial charge in [-0.3, -0.25) is 0 Å². The zero-order chi connectivity index (χ0) is 15.7. The number of hydrogen-bond donors (Lipinski definition) is 2. The Morgan fingerprint density at radius 1 is 1.00 bits per heavy atom. The molecule has 22 heavy (non-hydrogen) atoms. The van der Waals surface area contributed by atoms with E-state index in [0.717, 1.165) is 16.3 Å². The summed E-state index contributed by atoms with van der Waals surface area (Å²) in [4.78, 5) is 11.0. The number of halogens is 1. The average Bonchev–Trinajstić information content (AvgIpc) is 2.52. The largest absolute Gasteiger partial charge is 0.507 e. The van der Waals surface area contributed by atoms with Gasteiger partial charge in [-0.05, 0) is 41.1 Å². The van der Waals surface area contributed by atoms with Gasteiger partial charge < -0.3 is 10.2 Å². The van der Waals surface area contributed by atoms with E-state index in [1.165, 1.54) is 12.1 Å². The van der Waals surface area contributed by atoms with Gasteiger partial charge in [-0.15, -0.1) is 0 Å². The smallest absolute Gasteiger partial charge is 0.338 e. The molecule has 0 radical (unpaired) electrons. The van der Waals surface area contributed by atoms with Gasteiger partial charge in [0.2, 0.25) is 0 Å². The normalized spacial score (nSPS) is 10.8. The third-order valence-corrected chi connectivity index (χ3v) is 3.65. The first kappa shape index (κ1) is 14.1. The lowest BCUT2D eigenvalue weighted by molar-refractivity contribution is 0.0691. The molecule has 3 aromatic carbocycles. The minimum Gasteiger partial charge on any atom is -0.507 e. The monoisotopic (exact) mass is 296 g/mol. The Labute approximate surface area is 126 Å². The number of carboxylic acids is 1. The lowest BCUT2D eigenvalue weighted by atomic mass is 9.97. The highest BCUT2D eigenvalue weighted by Gasteiger charge is 2.12. The predicted molar refractivity (Wildman–Crippen MR) is 81.8 cm³/mol. The van der Waals surface area contributed by atoms with E-state index in [9.17, 15) is 14.3 Å². The Bertz CT molecular complexity index is 871. The van der Waals surface area contributed by atoms with Crippen molar-refractivity contribution in [2.45, 2.75) is 6.42 Å². The van der Waals surface area contributed by atoms with Crippen molar-refractivity contribution in [2.24, 2.45) is 0 Å². The third kappa shape index (κ3) is 2.51. The molecule has 4 heteroatoms. The van der Waals surface area contributed by atoms with E-state index in [2.05, 4.69) is 0 Å². The molecule has 110 valence electrons. The van der Waals surface area contributed by atoms with Crippen molar-refractivity contribution in [3.05, 3.63) is 77.1 Å². The van der Waals surface area contributed by atoms with Crippen LogP contribution < -0.4 is 0 Å². The first-order valence-electron chi connectivity index (χ1n) is 6.77. The Hall–Kier alpha value is -2.88. The molecule has 0 unspecified atom stereocenters. The number of rotatable bonds is 3. The van der Waals surface area contributed by atoms with Crippen LogP contribution in [0.25, 0.3) is 10.8 Å². The molecule has 0 saturated carbocycles. The van der Waals surface area contributed by atoms with Crippen molar-refractivity contribution < 1.29 is 19.4 Å². The Balaban J connectivity index is 2.06. The summed E-state index contributed by atoms with van der Waals surface area (Å²) < 4.78 is 13.5. The van der Waals surface area contributed by atoms with E-state index in [-0.39, 0.29) is 11.3 Å². The minimum absolute atomic E-state index is 0.199. The van der Waals surface area contributed by atoms with Gasteiger partial charge in [-0.25, -0.2) is 9.18 Å². The van der Waals surface area contributed by atoms with Gasteiger partial charge in [0.1, 0.15) is 11.6 Å². The van der Waals surface area contributed by atoms with Gasteiger partial charge in [-0.2, -0.15) is 0 Å². The first-order valence-corrected chi connectivity index (χ1v) is 6.77. The maximum Gasteiger partial charge on any atom is 0.338 e. The van der Waals surface area contributed by atoms with Gasteiger partial charge in [0.15, 0.2) is 0 Å². The van der Waals surface area contributed by atoms with Crippen LogP contribution in [-0.2, 0) is 6.42 Å². The van der Waals surface area contributed by atoms with Crippen LogP contribution in [0.3, 0.4) is 0 Å². The van der Waals surface area contributed by atoms with Crippen LogP contribution in [0.4, 0.5) is 4.39 Å². The number of hydrogen-bond acceptors (Lipinski definition) is 2. The fraction of sp³-hybridized carbons (Fsp3) is 0.0556. The van der Waals surface area contributed by atoms with E-state index in [4.69, 9.17) is 5.11 Å². The summed E-state index contributed by atoms with van der Waals surface area (Å²) in [5.74, 6) is -1.83. The molecule has 0 aromatic heterocycles. The molecule has 2 N–H and O–H groups in total. The second kappa shape index (κ2) is 5.48. The van der Waals surface area contributed by atoms with E-state index >= 15 is 0 Å². The molecule has 3 rings (SSSR count). The summed E-state index contributed by atoms with van der Waals surface area (Å²) in [5, 5.41) is 20.5. The third-order valence-electron chi connectivity index (χ3n) is 3.65. The SMILES string of the molecule is O=C(O)c1cc(Cc2ccc(O)c3ccccc23)ccc1F. The summed E-state index contributed by atoms with van der Waals surface area (Å²) in [5.41, 5.74) is 1.31. The Morgan fingerprint density at radius 3 is 2.45 bits per heavy atom. The summed E-state index contributed by atoms with van der Waals surface area (Å²) in [6.45, 7) is 0. The Kier molecular flexibility index (Phi) is 3.51. The van der Waals surface area contributed by atoms with Crippen LogP contribution in [0.15, 0.2) is 54.6 Å². The van der Waals surface area contributed by atoms with Crippen LogP contribution >= 0.6 is 0 Å². The molecule has 0 fully saturated rings. The van der Waals surface area contributed by atoms with Gasteiger partial charge >= 0.3 is 5.97 Å². The number of carbonyl (C=O) groups is 1. The molecular formula is C18H13FO3. The first-order chi connectivity index (χ1) is 10.6. The van der Waals surface area contributed by atoms with Gasteiger partial charge in [0.05, 0.1) is 5.56 Å². The van der Waals surface area contributed by atoms with Crippen molar-refractivity contribution in [1.82, 2.24) is 0 Å². The molecule has 0 atom stereocenters. The van der Waals surface area contributed by atoms with Crippen LogP contribution in [-0.4, -0.2) is 16.2 Å². The number of aromatic hydroxyl groups is 1. The summed E-state index contributed by atoms with van der Waals surface area (Å²) in [6, 6.07) is 14.9. The number of carboxylic acid groups (broad SMARTS) is 1. The van der Waals surface area contributed by atoms with Crippen molar-refractivity contribution in [3.8, 4) is 5.75 Å². The topological polar surface area (TPSA) is 57.5 Å². The summed E-state index contributed by atoms with van der Waals surface area (Å²) >= 11 is 0. The fourth-order valence-corrected chi connectivity index (χ4v) is 2.57. The van der Waals surface area contributed by atoms with Gasteiger partial charge in [0.25, 0.3) is 0 Å². The summed E-state index contributed by atoms with van der Waals surface area (Å²) in [6.07, 6.45) is 0.460. The number of benzene rings is 3. The maximum atomic E-state index is 13.5. The second-order valence-electron chi connectivity index (χ2n) is 5.09. The van der Waals surface area contributed by atoms with E-state index in [0.29, 0.717) is 12.0 Å². The van der Waals surface area contributed by atoms with Gasteiger partial charge in [0, 0.05) is 5.39 Å². The number of phenols is 1. The number of phenolic OH excluding ortho intramolecular Hbond substituents is 1. The quantitative estimate of drug-likeness (QED) is 0.768. The molecule has 0 aliphatic heterocycles.